The molecule has 0 fully saturated rings. The highest BCUT2D eigenvalue weighted by atomic mass is 19.4. The zero-order chi connectivity index (χ0) is 20.3. The van der Waals surface area contributed by atoms with E-state index in [1.54, 1.807) is 43.3 Å². The van der Waals surface area contributed by atoms with Crippen molar-refractivity contribution in [1.82, 2.24) is 9.97 Å². The molecule has 9 heteroatoms. The third-order valence-electron chi connectivity index (χ3n) is 3.98. The van der Waals surface area contributed by atoms with Gasteiger partial charge in [-0.2, -0.15) is 18.3 Å². The highest BCUT2D eigenvalue weighted by molar-refractivity contribution is 6.02. The van der Waals surface area contributed by atoms with Gasteiger partial charge in [0.2, 0.25) is 5.82 Å². The number of anilines is 1. The topological polar surface area (TPSA) is 68.6 Å². The van der Waals surface area contributed by atoms with Crippen molar-refractivity contribution in [1.29, 1.82) is 0 Å². The van der Waals surface area contributed by atoms with E-state index in [1.807, 2.05) is 0 Å². The second kappa shape index (κ2) is 7.71. The largest absolute Gasteiger partial charge is 0.497 e. The van der Waals surface area contributed by atoms with Crippen LogP contribution in [0.5, 0.6) is 11.5 Å². The van der Waals surface area contributed by atoms with Crippen molar-refractivity contribution in [3.63, 3.8) is 0 Å². The van der Waals surface area contributed by atoms with E-state index in [4.69, 9.17) is 9.47 Å². The molecule has 0 amide bonds. The summed E-state index contributed by atoms with van der Waals surface area (Å²) in [5, 5.41) is 4.62. The first-order valence-corrected chi connectivity index (χ1v) is 8.20. The van der Waals surface area contributed by atoms with Crippen molar-refractivity contribution < 1.29 is 22.6 Å². The molecule has 146 valence electrons. The number of aromatic nitrogens is 2. The van der Waals surface area contributed by atoms with Crippen LogP contribution in [0.1, 0.15) is 18.3 Å². The molecule has 0 spiro atoms. The van der Waals surface area contributed by atoms with Gasteiger partial charge in [0.1, 0.15) is 11.5 Å². The molecular formula is C19H17F3N4O2. The van der Waals surface area contributed by atoms with Crippen molar-refractivity contribution in [2.45, 2.75) is 13.1 Å². The molecule has 0 unspecified atom stereocenters. The standard InChI is InChI=1S/C19H17F3N4O2/c1-11(13-9-8-12(27-2)10-16(13)28-3)25-26-17-14-6-4-5-7-15(14)23-18(24-17)19(20,21)22/h4-10H,1-3H3,(H,23,24,26)/b25-11-. The van der Waals surface area contributed by atoms with Gasteiger partial charge < -0.3 is 9.47 Å². The molecule has 1 aromatic heterocycles. The highest BCUT2D eigenvalue weighted by Gasteiger charge is 2.35. The minimum Gasteiger partial charge on any atom is -0.497 e. The fourth-order valence-electron chi connectivity index (χ4n) is 2.58. The maximum atomic E-state index is 13.1. The van der Waals surface area contributed by atoms with Crippen LogP contribution in [-0.4, -0.2) is 29.9 Å². The number of para-hydroxylation sites is 1. The van der Waals surface area contributed by atoms with E-state index in [0.717, 1.165) is 0 Å². The van der Waals surface area contributed by atoms with Gasteiger partial charge in [0.05, 0.1) is 25.4 Å². The average Bonchev–Trinajstić information content (AvgIpc) is 2.70. The summed E-state index contributed by atoms with van der Waals surface area (Å²) in [6.07, 6.45) is -4.67. The van der Waals surface area contributed by atoms with Crippen molar-refractivity contribution >= 4 is 22.4 Å². The second-order valence-electron chi connectivity index (χ2n) is 5.79. The van der Waals surface area contributed by atoms with Gasteiger partial charge in [-0.1, -0.05) is 12.1 Å². The van der Waals surface area contributed by atoms with E-state index < -0.39 is 12.0 Å². The molecule has 0 atom stereocenters. The average molecular weight is 390 g/mol. The molecular weight excluding hydrogens is 373 g/mol. The molecule has 3 aromatic rings. The molecule has 1 heterocycles. The van der Waals surface area contributed by atoms with Gasteiger partial charge in [-0.15, -0.1) is 0 Å². The monoisotopic (exact) mass is 390 g/mol. The van der Waals surface area contributed by atoms with Gasteiger partial charge in [0, 0.05) is 17.0 Å². The van der Waals surface area contributed by atoms with Gasteiger partial charge in [0.15, 0.2) is 5.82 Å². The smallest absolute Gasteiger partial charge is 0.451 e. The normalized spacial score (nSPS) is 12.1. The van der Waals surface area contributed by atoms with Crippen molar-refractivity contribution in [2.24, 2.45) is 5.10 Å². The summed E-state index contributed by atoms with van der Waals surface area (Å²) in [7, 11) is 3.04. The van der Waals surface area contributed by atoms with Gasteiger partial charge in [-0.05, 0) is 31.2 Å². The summed E-state index contributed by atoms with van der Waals surface area (Å²) in [6.45, 7) is 1.70. The Labute approximate surface area is 159 Å². The molecule has 0 saturated carbocycles. The minimum absolute atomic E-state index is 0.0373. The van der Waals surface area contributed by atoms with Crippen LogP contribution in [0.25, 0.3) is 10.9 Å². The van der Waals surface area contributed by atoms with E-state index in [1.165, 1.54) is 20.3 Å². The Kier molecular flexibility index (Phi) is 5.34. The van der Waals surface area contributed by atoms with Crippen molar-refractivity contribution in [3.8, 4) is 11.5 Å². The maximum absolute atomic E-state index is 13.1. The summed E-state index contributed by atoms with van der Waals surface area (Å²) < 4.78 is 49.8. The first-order valence-electron chi connectivity index (χ1n) is 8.20. The summed E-state index contributed by atoms with van der Waals surface area (Å²) in [4.78, 5) is 7.18. The molecule has 0 aliphatic rings. The number of fused-ring (bicyclic) bond motifs is 1. The van der Waals surface area contributed by atoms with E-state index >= 15 is 0 Å². The molecule has 0 saturated heterocycles. The fourth-order valence-corrected chi connectivity index (χ4v) is 2.58. The third kappa shape index (κ3) is 3.98. The number of nitrogens with one attached hydrogen (secondary N) is 1. The number of halogens is 3. The number of benzene rings is 2. The third-order valence-corrected chi connectivity index (χ3v) is 3.98. The van der Waals surface area contributed by atoms with Crippen LogP contribution in [0.15, 0.2) is 47.6 Å². The van der Waals surface area contributed by atoms with Gasteiger partial charge in [-0.3, -0.25) is 5.43 Å². The number of nitrogens with zero attached hydrogens (tertiary/aromatic N) is 3. The maximum Gasteiger partial charge on any atom is 0.451 e. The Balaban J connectivity index is 2.01. The lowest BCUT2D eigenvalue weighted by Crippen LogP contribution is -2.13. The molecule has 3 rings (SSSR count). The van der Waals surface area contributed by atoms with Crippen molar-refractivity contribution in [3.05, 3.63) is 53.9 Å². The Bertz CT molecular complexity index is 1040. The van der Waals surface area contributed by atoms with E-state index in [2.05, 4.69) is 20.5 Å². The summed E-state index contributed by atoms with van der Waals surface area (Å²) in [5.41, 5.74) is 3.95. The fraction of sp³-hybridized carbons (Fsp3) is 0.211. The summed E-state index contributed by atoms with van der Waals surface area (Å²) in [5.74, 6) is -0.141. The first-order chi connectivity index (χ1) is 13.3. The predicted octanol–water partition coefficient (Wildman–Crippen LogP) is 4.50. The van der Waals surface area contributed by atoms with Crippen LogP contribution in [0, 0.1) is 0 Å². The molecule has 1 N–H and O–H groups in total. The first kappa shape index (κ1) is 19.4. The number of ether oxygens (including phenoxy) is 2. The predicted molar refractivity (Wildman–Crippen MR) is 99.9 cm³/mol. The van der Waals surface area contributed by atoms with E-state index in [-0.39, 0.29) is 11.3 Å². The van der Waals surface area contributed by atoms with Gasteiger partial charge in [-0.25, -0.2) is 9.97 Å². The number of methoxy groups -OCH3 is 2. The zero-order valence-corrected chi connectivity index (χ0v) is 15.3. The van der Waals surface area contributed by atoms with Crippen LogP contribution < -0.4 is 14.9 Å². The Hall–Kier alpha value is -3.36. The van der Waals surface area contributed by atoms with Gasteiger partial charge in [0.25, 0.3) is 0 Å². The van der Waals surface area contributed by atoms with Gasteiger partial charge >= 0.3 is 6.18 Å². The van der Waals surface area contributed by atoms with Crippen LogP contribution in [0.3, 0.4) is 0 Å². The molecule has 0 aliphatic heterocycles. The Morgan fingerprint density at radius 3 is 2.46 bits per heavy atom. The zero-order valence-electron chi connectivity index (χ0n) is 15.3. The van der Waals surface area contributed by atoms with E-state index in [9.17, 15) is 13.2 Å². The van der Waals surface area contributed by atoms with E-state index in [0.29, 0.717) is 28.2 Å². The molecule has 2 aromatic carbocycles. The highest BCUT2D eigenvalue weighted by Crippen LogP contribution is 2.30. The minimum atomic E-state index is -4.67. The SMILES string of the molecule is COc1ccc(/C(C)=N\Nc2nc(C(F)(F)F)nc3ccccc23)c(OC)c1. The van der Waals surface area contributed by atoms with Crippen LogP contribution in [0.4, 0.5) is 19.0 Å². The number of rotatable bonds is 5. The molecule has 0 bridgehead atoms. The second-order valence-corrected chi connectivity index (χ2v) is 5.79. The van der Waals surface area contributed by atoms with Crippen LogP contribution in [0.2, 0.25) is 0 Å². The Morgan fingerprint density at radius 1 is 1.04 bits per heavy atom. The summed E-state index contributed by atoms with van der Waals surface area (Å²) in [6, 6.07) is 11.6. The lowest BCUT2D eigenvalue weighted by atomic mass is 10.1. The summed E-state index contributed by atoms with van der Waals surface area (Å²) >= 11 is 0. The quantitative estimate of drug-likeness (QED) is 0.513. The number of alkyl halides is 3. The molecule has 6 nitrogen and oxygen atoms in total. The van der Waals surface area contributed by atoms with Crippen LogP contribution >= 0.6 is 0 Å². The lowest BCUT2D eigenvalue weighted by molar-refractivity contribution is -0.144. The van der Waals surface area contributed by atoms with Crippen LogP contribution in [-0.2, 0) is 6.18 Å². The lowest BCUT2D eigenvalue weighted by Gasteiger charge is -2.12. The molecule has 0 radical (unpaired) electrons. The van der Waals surface area contributed by atoms with Crippen molar-refractivity contribution in [2.75, 3.05) is 19.6 Å². The number of hydrogen-bond acceptors (Lipinski definition) is 6. The number of hydrazone groups is 1. The Morgan fingerprint density at radius 2 is 1.79 bits per heavy atom. The molecule has 28 heavy (non-hydrogen) atoms. The molecule has 0 aliphatic carbocycles. The number of hydrogen-bond donors (Lipinski definition) is 1.